The highest BCUT2D eigenvalue weighted by molar-refractivity contribution is 5.85. The molecule has 2 nitrogen and oxygen atoms in total. The number of nitrogens with zero attached hydrogens (tertiary/aromatic N) is 1. The summed E-state index contributed by atoms with van der Waals surface area (Å²) < 4.78 is 50.7. The van der Waals surface area contributed by atoms with E-state index in [1.165, 1.54) is 12.1 Å². The Morgan fingerprint density at radius 3 is 2.53 bits per heavy atom. The van der Waals surface area contributed by atoms with Crippen LogP contribution in [0.25, 0.3) is 11.3 Å². The predicted octanol–water partition coefficient (Wildman–Crippen LogP) is 3.72. The van der Waals surface area contributed by atoms with Crippen molar-refractivity contribution >= 4 is 6.29 Å². The van der Waals surface area contributed by atoms with Crippen LogP contribution in [-0.2, 0) is 6.18 Å². The van der Waals surface area contributed by atoms with Crippen molar-refractivity contribution < 1.29 is 22.4 Å². The number of alkyl halides is 3. The summed E-state index contributed by atoms with van der Waals surface area (Å²) in [5, 5.41) is 0. The van der Waals surface area contributed by atoms with Gasteiger partial charge in [-0.3, -0.25) is 9.78 Å². The fourth-order valence-electron chi connectivity index (χ4n) is 1.63. The molecule has 2 aromatic rings. The smallest absolute Gasteiger partial charge is 0.298 e. The summed E-state index contributed by atoms with van der Waals surface area (Å²) in [5.41, 5.74) is -0.827. The normalized spacial score (nSPS) is 11.4. The van der Waals surface area contributed by atoms with Gasteiger partial charge in [-0.1, -0.05) is 12.1 Å². The molecule has 0 atom stereocenters. The lowest BCUT2D eigenvalue weighted by Gasteiger charge is -2.09. The SMILES string of the molecule is O=Cc1cc(F)cnc1-c1cccc(C(F)(F)F)c1. The number of aromatic nitrogens is 1. The minimum atomic E-state index is -4.49. The number of benzene rings is 1. The molecule has 1 aromatic carbocycles. The van der Waals surface area contributed by atoms with Crippen molar-refractivity contribution in [2.24, 2.45) is 0 Å². The first-order chi connectivity index (χ1) is 8.91. The molecule has 0 amide bonds. The van der Waals surface area contributed by atoms with Crippen LogP contribution in [0.15, 0.2) is 36.5 Å². The second-order valence-electron chi connectivity index (χ2n) is 3.79. The second kappa shape index (κ2) is 4.79. The van der Waals surface area contributed by atoms with Gasteiger partial charge in [-0.25, -0.2) is 4.39 Å². The number of rotatable bonds is 2. The van der Waals surface area contributed by atoms with Crippen molar-refractivity contribution in [2.75, 3.05) is 0 Å². The summed E-state index contributed by atoms with van der Waals surface area (Å²) in [6.45, 7) is 0. The van der Waals surface area contributed by atoms with E-state index in [2.05, 4.69) is 4.98 Å². The topological polar surface area (TPSA) is 30.0 Å². The molecule has 1 heterocycles. The molecule has 0 spiro atoms. The zero-order valence-electron chi connectivity index (χ0n) is 9.41. The lowest BCUT2D eigenvalue weighted by atomic mass is 10.0. The van der Waals surface area contributed by atoms with Crippen LogP contribution < -0.4 is 0 Å². The average Bonchev–Trinajstić information content (AvgIpc) is 2.37. The Bertz CT molecular complexity index is 622. The molecule has 0 bridgehead atoms. The average molecular weight is 269 g/mol. The summed E-state index contributed by atoms with van der Waals surface area (Å²) in [4.78, 5) is 14.5. The molecule has 6 heteroatoms. The molecule has 0 N–H and O–H groups in total. The van der Waals surface area contributed by atoms with Crippen LogP contribution in [0.2, 0.25) is 0 Å². The lowest BCUT2D eigenvalue weighted by Crippen LogP contribution is -2.05. The summed E-state index contributed by atoms with van der Waals surface area (Å²) in [6, 6.07) is 5.29. The van der Waals surface area contributed by atoms with Gasteiger partial charge in [0.15, 0.2) is 6.29 Å². The minimum Gasteiger partial charge on any atom is -0.298 e. The summed E-state index contributed by atoms with van der Waals surface area (Å²) in [6.07, 6.45) is -3.29. The van der Waals surface area contributed by atoms with Gasteiger partial charge in [0.25, 0.3) is 0 Å². The zero-order chi connectivity index (χ0) is 14.0. The Labute approximate surface area is 105 Å². The molecule has 0 saturated heterocycles. The molecule has 19 heavy (non-hydrogen) atoms. The number of aldehydes is 1. The van der Waals surface area contributed by atoms with Crippen LogP contribution in [0.3, 0.4) is 0 Å². The molecule has 0 saturated carbocycles. The summed E-state index contributed by atoms with van der Waals surface area (Å²) in [7, 11) is 0. The van der Waals surface area contributed by atoms with Gasteiger partial charge in [-0.05, 0) is 18.2 Å². The molecule has 98 valence electrons. The van der Waals surface area contributed by atoms with Crippen LogP contribution in [0, 0.1) is 5.82 Å². The van der Waals surface area contributed by atoms with Crippen molar-refractivity contribution in [1.29, 1.82) is 0 Å². The Kier molecular flexibility index (Phi) is 3.33. The molecule has 0 unspecified atom stereocenters. The fraction of sp³-hybridized carbons (Fsp3) is 0.0769. The van der Waals surface area contributed by atoms with Crippen molar-refractivity contribution in [1.82, 2.24) is 4.98 Å². The third-order valence-electron chi connectivity index (χ3n) is 2.47. The monoisotopic (exact) mass is 269 g/mol. The number of hydrogen-bond donors (Lipinski definition) is 0. The van der Waals surface area contributed by atoms with Crippen LogP contribution in [-0.4, -0.2) is 11.3 Å². The molecule has 0 aliphatic carbocycles. The van der Waals surface area contributed by atoms with Gasteiger partial charge in [-0.15, -0.1) is 0 Å². The maximum atomic E-state index is 12.9. The van der Waals surface area contributed by atoms with E-state index in [1.807, 2.05) is 0 Å². The lowest BCUT2D eigenvalue weighted by molar-refractivity contribution is -0.137. The van der Waals surface area contributed by atoms with Gasteiger partial charge < -0.3 is 0 Å². The molecular weight excluding hydrogens is 262 g/mol. The first-order valence-corrected chi connectivity index (χ1v) is 5.20. The van der Waals surface area contributed by atoms with Gasteiger partial charge in [0.2, 0.25) is 0 Å². The molecule has 2 rings (SSSR count). The van der Waals surface area contributed by atoms with E-state index in [0.29, 0.717) is 6.29 Å². The van der Waals surface area contributed by atoms with Crippen molar-refractivity contribution in [2.45, 2.75) is 6.18 Å². The number of pyridine rings is 1. The van der Waals surface area contributed by atoms with E-state index in [0.717, 1.165) is 24.4 Å². The highest BCUT2D eigenvalue weighted by Gasteiger charge is 2.30. The number of hydrogen-bond acceptors (Lipinski definition) is 2. The zero-order valence-corrected chi connectivity index (χ0v) is 9.41. The van der Waals surface area contributed by atoms with Crippen molar-refractivity contribution in [3.63, 3.8) is 0 Å². The molecule has 0 aliphatic heterocycles. The third kappa shape index (κ3) is 2.78. The quantitative estimate of drug-likeness (QED) is 0.614. The van der Waals surface area contributed by atoms with E-state index < -0.39 is 17.6 Å². The van der Waals surface area contributed by atoms with Gasteiger partial charge in [-0.2, -0.15) is 13.2 Å². The first kappa shape index (κ1) is 13.2. The molecule has 0 aliphatic rings. The maximum absolute atomic E-state index is 12.9. The fourth-order valence-corrected chi connectivity index (χ4v) is 1.63. The van der Waals surface area contributed by atoms with Crippen LogP contribution in [0.4, 0.5) is 17.6 Å². The Hall–Kier alpha value is -2.24. The maximum Gasteiger partial charge on any atom is 0.416 e. The number of carbonyl (C=O) groups is 1. The largest absolute Gasteiger partial charge is 0.416 e. The molecule has 0 fully saturated rings. The predicted molar refractivity (Wildman–Crippen MR) is 60.0 cm³/mol. The Morgan fingerprint density at radius 2 is 1.89 bits per heavy atom. The molecule has 0 radical (unpaired) electrons. The highest BCUT2D eigenvalue weighted by atomic mass is 19.4. The minimum absolute atomic E-state index is 0.0162. The number of halogens is 4. The standard InChI is InChI=1S/C13H7F4NO/c14-11-5-9(7-19)12(18-6-11)8-2-1-3-10(4-8)13(15,16)17/h1-7H. The van der Waals surface area contributed by atoms with E-state index >= 15 is 0 Å². The first-order valence-electron chi connectivity index (χ1n) is 5.20. The highest BCUT2D eigenvalue weighted by Crippen LogP contribution is 2.32. The van der Waals surface area contributed by atoms with Crippen molar-refractivity contribution in [3.05, 3.63) is 53.5 Å². The number of carbonyl (C=O) groups excluding carboxylic acids is 1. The summed E-state index contributed by atoms with van der Waals surface area (Å²) >= 11 is 0. The Balaban J connectivity index is 2.56. The van der Waals surface area contributed by atoms with Crippen molar-refractivity contribution in [3.8, 4) is 11.3 Å². The van der Waals surface area contributed by atoms with E-state index in [4.69, 9.17) is 0 Å². The van der Waals surface area contributed by atoms with Crippen LogP contribution in [0.1, 0.15) is 15.9 Å². The van der Waals surface area contributed by atoms with Gasteiger partial charge in [0.1, 0.15) is 5.82 Å². The van der Waals surface area contributed by atoms with E-state index in [-0.39, 0.29) is 16.8 Å². The van der Waals surface area contributed by atoms with Crippen LogP contribution >= 0.6 is 0 Å². The molecule has 1 aromatic heterocycles. The van der Waals surface area contributed by atoms with E-state index in [1.54, 1.807) is 0 Å². The summed E-state index contributed by atoms with van der Waals surface area (Å²) in [5.74, 6) is -0.724. The Morgan fingerprint density at radius 1 is 1.16 bits per heavy atom. The van der Waals surface area contributed by atoms with E-state index in [9.17, 15) is 22.4 Å². The third-order valence-corrected chi connectivity index (χ3v) is 2.47. The molecular formula is C13H7F4NO. The van der Waals surface area contributed by atoms with Crippen LogP contribution in [0.5, 0.6) is 0 Å². The van der Waals surface area contributed by atoms with Gasteiger partial charge in [0.05, 0.1) is 17.5 Å². The second-order valence-corrected chi connectivity index (χ2v) is 3.79. The van der Waals surface area contributed by atoms with Gasteiger partial charge in [0, 0.05) is 11.1 Å². The van der Waals surface area contributed by atoms with Gasteiger partial charge >= 0.3 is 6.18 Å².